The summed E-state index contributed by atoms with van der Waals surface area (Å²) in [5.74, 6) is -4.91. The number of methoxy groups -OCH3 is 1. The molecular formula is C58H69N3O15. The molecule has 3 saturated heterocycles. The van der Waals surface area contributed by atoms with Gasteiger partial charge in [0.15, 0.2) is 34.3 Å². The van der Waals surface area contributed by atoms with Gasteiger partial charge in [0, 0.05) is 35.6 Å². The molecule has 4 bridgehead atoms. The fraction of sp³-hybridized carbons (Fsp3) is 0.534. The lowest BCUT2D eigenvalue weighted by Crippen LogP contribution is -2.78. The predicted molar refractivity (Wildman–Crippen MR) is 276 cm³/mol. The van der Waals surface area contributed by atoms with E-state index in [1.165, 1.54) is 37.7 Å². The molecule has 0 amide bonds. The Hall–Kier alpha value is -6.15. The van der Waals surface area contributed by atoms with Crippen LogP contribution in [0.1, 0.15) is 133 Å². The minimum atomic E-state index is -1.79. The van der Waals surface area contributed by atoms with Gasteiger partial charge in [-0.05, 0) is 131 Å². The smallest absolute Gasteiger partial charge is 0.343 e. The molecule has 406 valence electrons. The van der Waals surface area contributed by atoms with Crippen LogP contribution in [0.2, 0.25) is 0 Å². The maximum Gasteiger partial charge on any atom is 0.343 e. The number of esters is 2. The number of imidazole rings is 1. The van der Waals surface area contributed by atoms with E-state index >= 15 is 9.59 Å². The van der Waals surface area contributed by atoms with Crippen molar-refractivity contribution in [1.82, 2.24) is 9.55 Å². The average molecular weight is 1050 g/mol. The van der Waals surface area contributed by atoms with Crippen LogP contribution in [0.3, 0.4) is 0 Å². The van der Waals surface area contributed by atoms with Crippen molar-refractivity contribution in [2.45, 2.75) is 166 Å². The third-order valence-corrected chi connectivity index (χ3v) is 16.4. The maximum atomic E-state index is 16.6. The van der Waals surface area contributed by atoms with Crippen molar-refractivity contribution in [2.24, 2.45) is 17.8 Å². The van der Waals surface area contributed by atoms with Crippen molar-refractivity contribution < 1.29 is 72.0 Å². The van der Waals surface area contributed by atoms with E-state index in [1.54, 1.807) is 37.6 Å². The van der Waals surface area contributed by atoms with Crippen LogP contribution in [0.15, 0.2) is 77.8 Å². The first-order chi connectivity index (χ1) is 35.8. The van der Waals surface area contributed by atoms with Gasteiger partial charge in [-0.1, -0.05) is 29.4 Å². The molecular weight excluding hydrogens is 979 g/mol. The number of nitrogens with zero attached hydrogens (tertiary/aromatic N) is 2. The van der Waals surface area contributed by atoms with Gasteiger partial charge in [-0.15, -0.1) is 0 Å². The van der Waals surface area contributed by atoms with Crippen LogP contribution >= 0.6 is 0 Å². The molecule has 8 aliphatic rings. The van der Waals surface area contributed by atoms with Gasteiger partial charge in [0.2, 0.25) is 6.29 Å². The highest BCUT2D eigenvalue weighted by Crippen LogP contribution is 2.73. The van der Waals surface area contributed by atoms with Crippen molar-refractivity contribution in [3.8, 4) is 23.0 Å². The van der Waals surface area contributed by atoms with Gasteiger partial charge in [0.25, 0.3) is 0 Å². The molecule has 0 radical (unpaired) electrons. The molecule has 1 aromatic heterocycles. The number of anilines is 1. The van der Waals surface area contributed by atoms with Gasteiger partial charge >= 0.3 is 11.9 Å². The molecule has 5 unspecified atom stereocenters. The van der Waals surface area contributed by atoms with Crippen molar-refractivity contribution in [1.29, 1.82) is 0 Å². The molecule has 18 heteroatoms. The Kier molecular flexibility index (Phi) is 13.4. The molecule has 6 fully saturated rings. The number of Topliss-reactive ketones (excluding diaryl/α,β-unsaturated/α-hetero) is 2. The van der Waals surface area contributed by atoms with Crippen LogP contribution < -0.4 is 24.7 Å². The molecule has 5 aliphatic heterocycles. The molecule has 11 rings (SSSR count). The number of aliphatic hydroxyl groups excluding tert-OH is 2. The summed E-state index contributed by atoms with van der Waals surface area (Å²) in [5, 5.41) is 22.1. The summed E-state index contributed by atoms with van der Waals surface area (Å²) in [4.78, 5) is 64.3. The highest BCUT2D eigenvalue weighted by atomic mass is 16.8. The molecule has 1 spiro atoms. The SMILES string of the molecule is COC(=O)/C(C)=C\CC12OC(C)(C)[C@H]3C[C@H](C1=O)C(n1cnc(N)c1)C1C(=O)c4c(OC(=O)c5ccc(O[C@@H]6O[C@@H]7COC(C)(C)O[C@H]7[C@H](O)[C@H]6O)cc5)c5c(c(CC=C(C)C)c4OC132)OC(C)(CCC=C(C)C)C=C5. The minimum absolute atomic E-state index is 0.00712. The zero-order valence-corrected chi connectivity index (χ0v) is 45.0. The van der Waals surface area contributed by atoms with Crippen molar-refractivity contribution in [3.05, 3.63) is 100 Å². The summed E-state index contributed by atoms with van der Waals surface area (Å²) in [7, 11) is 1.28. The molecule has 6 heterocycles. The molecule has 76 heavy (non-hydrogen) atoms. The Morgan fingerprint density at radius 1 is 0.947 bits per heavy atom. The molecule has 2 aromatic carbocycles. The quantitative estimate of drug-likeness (QED) is 0.0649. The normalized spacial score (nSPS) is 33.1. The van der Waals surface area contributed by atoms with E-state index in [-0.39, 0.29) is 65.0 Å². The summed E-state index contributed by atoms with van der Waals surface area (Å²) >= 11 is 0. The molecule has 3 aliphatic carbocycles. The largest absolute Gasteiger partial charge is 0.482 e. The topological polar surface area (TPSA) is 236 Å². The van der Waals surface area contributed by atoms with Crippen LogP contribution in [0.4, 0.5) is 5.82 Å². The van der Waals surface area contributed by atoms with Gasteiger partial charge < -0.3 is 63.1 Å². The number of nitrogens with two attached hydrogens (primary N) is 1. The number of aromatic nitrogens is 2. The number of aliphatic hydroxyl groups is 2. The number of ketones is 2. The van der Waals surface area contributed by atoms with E-state index in [2.05, 4.69) is 11.1 Å². The van der Waals surface area contributed by atoms with Crippen molar-refractivity contribution in [3.63, 3.8) is 0 Å². The van der Waals surface area contributed by atoms with E-state index in [0.717, 1.165) is 11.1 Å². The van der Waals surface area contributed by atoms with E-state index < -0.39 is 100 Å². The standard InChI is InChI=1S/C58H69N3O15/c1-29(2)13-12-22-56(10)23-21-35-46(74-56)34(19-14-30(3)4)48-40(47(35)72-52(67)32-15-17-33(18-16-32)70-53-45(64)44(63)49-37(71-53)27-69-55(8,9)73-49)43(62)41-42(61-26-39(59)60-28-61)36-25-38-54(6,7)76-57(50(36)65,58(38,41)75-48)24-20-31(5)51(66)68-11/h13-18,20-21,23,26,28,36-38,41-42,44-45,49,53,63-64H,12,19,22,24-25,27,59H2,1-11H3/b31-20-/t36-,37+,38+,41?,42?,44+,45+,49+,53+,56?,57?,58?/m0/s1. The fourth-order valence-electron chi connectivity index (χ4n) is 12.8. The number of fused-ring (bicyclic) bond motifs is 3. The van der Waals surface area contributed by atoms with Crippen molar-refractivity contribution >= 4 is 35.4 Å². The van der Waals surface area contributed by atoms with Crippen molar-refractivity contribution in [2.75, 3.05) is 19.5 Å². The minimum Gasteiger partial charge on any atom is -0.482 e. The Bertz CT molecular complexity index is 3000. The zero-order chi connectivity index (χ0) is 54.6. The third kappa shape index (κ3) is 8.68. The number of carbonyl (C=O) groups is 4. The number of hydrogen-bond acceptors (Lipinski definition) is 17. The number of ether oxygens (including phenoxy) is 9. The zero-order valence-electron chi connectivity index (χ0n) is 45.0. The van der Waals surface area contributed by atoms with Crippen LogP contribution in [0.25, 0.3) is 6.08 Å². The summed E-state index contributed by atoms with van der Waals surface area (Å²) in [6.07, 6.45) is 8.61. The summed E-state index contributed by atoms with van der Waals surface area (Å²) in [6.45, 7) is 18.9. The van der Waals surface area contributed by atoms with Gasteiger partial charge in [0.05, 0.1) is 48.7 Å². The van der Waals surface area contributed by atoms with Crippen LogP contribution in [0.5, 0.6) is 23.0 Å². The number of hydrogen-bond donors (Lipinski definition) is 3. The first-order valence-electron chi connectivity index (χ1n) is 26.1. The van der Waals surface area contributed by atoms with E-state index in [4.69, 9.17) is 48.4 Å². The summed E-state index contributed by atoms with van der Waals surface area (Å²) < 4.78 is 58.9. The summed E-state index contributed by atoms with van der Waals surface area (Å²) in [6, 6.07) is 5.07. The van der Waals surface area contributed by atoms with Gasteiger partial charge in [-0.25, -0.2) is 14.6 Å². The Morgan fingerprint density at radius 3 is 2.34 bits per heavy atom. The third-order valence-electron chi connectivity index (χ3n) is 16.4. The highest BCUT2D eigenvalue weighted by molar-refractivity contribution is 6.11. The second-order valence-electron chi connectivity index (χ2n) is 23.0. The Balaban J connectivity index is 1.12. The van der Waals surface area contributed by atoms with E-state index in [1.807, 2.05) is 66.7 Å². The van der Waals surface area contributed by atoms with Crippen LogP contribution in [0, 0.1) is 17.8 Å². The Morgan fingerprint density at radius 2 is 1.67 bits per heavy atom. The second-order valence-corrected chi connectivity index (χ2v) is 23.0. The lowest BCUT2D eigenvalue weighted by Gasteiger charge is -2.63. The molecule has 12 atom stereocenters. The summed E-state index contributed by atoms with van der Waals surface area (Å²) in [5.41, 5.74) is 4.18. The first-order valence-corrected chi connectivity index (χ1v) is 26.1. The lowest BCUT2D eigenvalue weighted by molar-refractivity contribution is -0.373. The highest BCUT2D eigenvalue weighted by Gasteiger charge is 2.86. The number of rotatable bonds is 13. The number of allylic oxidation sites excluding steroid dienone is 4. The number of nitrogen functional groups attached to an aromatic ring is 1. The predicted octanol–water partition coefficient (Wildman–Crippen LogP) is 7.53. The van der Waals surface area contributed by atoms with E-state index in [9.17, 15) is 19.8 Å². The monoisotopic (exact) mass is 1050 g/mol. The molecule has 3 saturated carbocycles. The Labute approximate surface area is 442 Å². The van der Waals surface area contributed by atoms with Crippen LogP contribution in [-0.4, -0.2) is 116 Å². The van der Waals surface area contributed by atoms with Gasteiger partial charge in [-0.2, -0.15) is 0 Å². The maximum absolute atomic E-state index is 16.6. The average Bonchev–Trinajstić information content (AvgIpc) is 3.91. The van der Waals surface area contributed by atoms with Crippen LogP contribution in [-0.2, 0) is 39.7 Å². The molecule has 3 aromatic rings. The number of carbonyl (C=O) groups excluding carboxylic acids is 4. The second kappa shape index (κ2) is 19.1. The first kappa shape index (κ1) is 53.3. The lowest BCUT2D eigenvalue weighted by atomic mass is 9.45. The fourth-order valence-corrected chi connectivity index (χ4v) is 12.8. The number of benzene rings is 2. The van der Waals surface area contributed by atoms with Gasteiger partial charge in [0.1, 0.15) is 58.6 Å². The van der Waals surface area contributed by atoms with E-state index in [0.29, 0.717) is 36.1 Å². The molecule has 4 N–H and O–H groups in total. The molecule has 18 nitrogen and oxygen atoms in total. The van der Waals surface area contributed by atoms with Gasteiger partial charge in [-0.3, -0.25) is 9.59 Å².